The van der Waals surface area contributed by atoms with Gasteiger partial charge in [0, 0.05) is 10.9 Å². The molecule has 0 fully saturated rings. The molecular weight excluding hydrogens is 465 g/mol. The predicted octanol–water partition coefficient (Wildman–Crippen LogP) is 6.21. The number of hydrogen-bond acceptors (Lipinski definition) is 2. The minimum atomic E-state index is -4.50. The van der Waals surface area contributed by atoms with Crippen molar-refractivity contribution in [1.29, 1.82) is 0 Å². The van der Waals surface area contributed by atoms with Gasteiger partial charge in [-0.15, -0.1) is 0 Å². The van der Waals surface area contributed by atoms with Crippen molar-refractivity contribution < 1.29 is 31.9 Å². The van der Waals surface area contributed by atoms with Gasteiger partial charge in [-0.25, -0.2) is 8.78 Å². The Balaban J connectivity index is 1.66. The normalized spacial score (nSPS) is 13.4. The highest BCUT2D eigenvalue weighted by Gasteiger charge is 2.30. The summed E-state index contributed by atoms with van der Waals surface area (Å²) in [5.74, 6) is -1.61. The Labute approximate surface area is 197 Å². The van der Waals surface area contributed by atoms with E-state index in [1.165, 1.54) is 42.5 Å². The van der Waals surface area contributed by atoms with Crippen LogP contribution in [-0.2, 0) is 12.6 Å². The van der Waals surface area contributed by atoms with Gasteiger partial charge in [0.05, 0.1) is 17.7 Å². The molecule has 35 heavy (non-hydrogen) atoms. The number of carbonyl (C=O) groups is 1. The largest absolute Gasteiger partial charge is 0.416 e. The van der Waals surface area contributed by atoms with Crippen molar-refractivity contribution in [2.75, 3.05) is 0 Å². The van der Waals surface area contributed by atoms with Gasteiger partial charge in [0.1, 0.15) is 11.6 Å². The van der Waals surface area contributed by atoms with Crippen LogP contribution in [0.1, 0.15) is 33.2 Å². The van der Waals surface area contributed by atoms with Crippen molar-refractivity contribution >= 4 is 16.7 Å². The molecule has 2 atom stereocenters. The zero-order valence-corrected chi connectivity index (χ0v) is 18.2. The van der Waals surface area contributed by atoms with E-state index in [0.717, 1.165) is 24.3 Å². The lowest BCUT2D eigenvalue weighted by atomic mass is 9.94. The first kappa shape index (κ1) is 24.3. The van der Waals surface area contributed by atoms with Crippen LogP contribution in [0.2, 0.25) is 0 Å². The molecule has 0 radical (unpaired) electrons. The number of alkyl halides is 3. The Morgan fingerprint density at radius 3 is 2.09 bits per heavy atom. The van der Waals surface area contributed by atoms with Crippen LogP contribution >= 0.6 is 0 Å². The number of aliphatic hydroxyl groups excluding tert-OH is 1. The first-order valence-corrected chi connectivity index (χ1v) is 10.7. The number of halogens is 5. The van der Waals surface area contributed by atoms with Crippen molar-refractivity contribution in [3.05, 3.63) is 119 Å². The Morgan fingerprint density at radius 1 is 0.829 bits per heavy atom. The molecule has 0 aromatic heterocycles. The fraction of sp³-hybridized carbons (Fsp3) is 0.148. The smallest absolute Gasteiger partial charge is 0.386 e. The lowest BCUT2D eigenvalue weighted by molar-refractivity contribution is -0.137. The molecule has 180 valence electrons. The topological polar surface area (TPSA) is 49.3 Å². The summed E-state index contributed by atoms with van der Waals surface area (Å²) < 4.78 is 66.3. The summed E-state index contributed by atoms with van der Waals surface area (Å²) >= 11 is 0. The van der Waals surface area contributed by atoms with Crippen LogP contribution in [0.4, 0.5) is 22.0 Å². The molecule has 0 bridgehead atoms. The maximum absolute atomic E-state index is 14.2. The second-order valence-electron chi connectivity index (χ2n) is 8.12. The maximum Gasteiger partial charge on any atom is 0.416 e. The molecule has 0 spiro atoms. The molecule has 0 aliphatic heterocycles. The second-order valence-corrected chi connectivity index (χ2v) is 8.12. The third-order valence-electron chi connectivity index (χ3n) is 5.76. The number of rotatable bonds is 6. The first-order chi connectivity index (χ1) is 16.6. The third-order valence-corrected chi connectivity index (χ3v) is 5.76. The van der Waals surface area contributed by atoms with E-state index >= 15 is 0 Å². The van der Waals surface area contributed by atoms with Crippen molar-refractivity contribution in [2.45, 2.75) is 24.7 Å². The zero-order valence-electron chi connectivity index (χ0n) is 18.2. The molecule has 1 amide bonds. The molecule has 4 aromatic carbocycles. The van der Waals surface area contributed by atoms with Crippen LogP contribution in [0, 0.1) is 11.6 Å². The number of carbonyl (C=O) groups excluding carboxylic acids is 1. The molecule has 0 saturated heterocycles. The van der Waals surface area contributed by atoms with Gasteiger partial charge >= 0.3 is 6.18 Å². The van der Waals surface area contributed by atoms with Gasteiger partial charge in [-0.05, 0) is 59.3 Å². The monoisotopic (exact) mass is 485 g/mol. The van der Waals surface area contributed by atoms with E-state index in [2.05, 4.69) is 5.32 Å². The number of benzene rings is 4. The minimum Gasteiger partial charge on any atom is -0.386 e. The van der Waals surface area contributed by atoms with E-state index in [4.69, 9.17) is 0 Å². The first-order valence-electron chi connectivity index (χ1n) is 10.7. The summed E-state index contributed by atoms with van der Waals surface area (Å²) in [5, 5.41) is 14.3. The van der Waals surface area contributed by atoms with Crippen LogP contribution in [0.25, 0.3) is 10.8 Å². The quantitative estimate of drug-likeness (QED) is 0.319. The van der Waals surface area contributed by atoms with Crippen molar-refractivity contribution in [1.82, 2.24) is 5.32 Å². The molecule has 2 N–H and O–H groups in total. The third kappa shape index (κ3) is 5.49. The summed E-state index contributed by atoms with van der Waals surface area (Å²) in [7, 11) is 0. The number of nitrogens with one attached hydrogen (secondary N) is 1. The van der Waals surface area contributed by atoms with Crippen molar-refractivity contribution in [3.8, 4) is 0 Å². The molecule has 8 heteroatoms. The highest BCUT2D eigenvalue weighted by atomic mass is 19.4. The summed E-state index contributed by atoms with van der Waals surface area (Å²) in [4.78, 5) is 13.2. The van der Waals surface area contributed by atoms with Crippen LogP contribution < -0.4 is 5.32 Å². The van der Waals surface area contributed by atoms with E-state index in [-0.39, 0.29) is 17.4 Å². The van der Waals surface area contributed by atoms with E-state index in [0.29, 0.717) is 16.5 Å². The fourth-order valence-corrected chi connectivity index (χ4v) is 3.92. The Hall–Kier alpha value is -3.78. The average Bonchev–Trinajstić information content (AvgIpc) is 2.84. The lowest BCUT2D eigenvalue weighted by Gasteiger charge is -2.25. The van der Waals surface area contributed by atoms with E-state index in [1.54, 1.807) is 18.2 Å². The van der Waals surface area contributed by atoms with Gasteiger partial charge in [0.2, 0.25) is 0 Å². The Bertz CT molecular complexity index is 1330. The fourth-order valence-electron chi connectivity index (χ4n) is 3.92. The minimum absolute atomic E-state index is 0.0124. The van der Waals surface area contributed by atoms with Crippen LogP contribution in [-0.4, -0.2) is 17.1 Å². The van der Waals surface area contributed by atoms with Crippen LogP contribution in [0.5, 0.6) is 0 Å². The standard InChI is InChI=1S/C27H20F5NO2/c28-19-11-7-17(8-12-19)25(34)24(15-16-5-9-18(10-6-16)27(30,31)32)33-26(35)22-13-14-23(29)21-4-2-1-3-20(21)22/h1-14,24-25,34H,15H2,(H,33,35). The SMILES string of the molecule is O=C(NC(Cc1ccc(C(F)(F)F)cc1)C(O)c1ccc(F)cc1)c1ccc(F)c2ccccc12. The van der Waals surface area contributed by atoms with Crippen LogP contribution in [0.15, 0.2) is 84.9 Å². The number of hydrogen-bond donors (Lipinski definition) is 2. The molecule has 4 rings (SSSR count). The summed E-state index contributed by atoms with van der Waals surface area (Å²) in [6.45, 7) is 0. The predicted molar refractivity (Wildman–Crippen MR) is 122 cm³/mol. The molecule has 0 aliphatic rings. The van der Waals surface area contributed by atoms with Crippen molar-refractivity contribution in [2.24, 2.45) is 0 Å². The highest BCUT2D eigenvalue weighted by molar-refractivity contribution is 6.07. The van der Waals surface area contributed by atoms with Gasteiger partial charge in [0.15, 0.2) is 0 Å². The maximum atomic E-state index is 14.2. The van der Waals surface area contributed by atoms with Crippen LogP contribution in [0.3, 0.4) is 0 Å². The van der Waals surface area contributed by atoms with Gasteiger partial charge in [-0.2, -0.15) is 13.2 Å². The van der Waals surface area contributed by atoms with Gasteiger partial charge < -0.3 is 10.4 Å². The van der Waals surface area contributed by atoms with Gasteiger partial charge in [0.25, 0.3) is 5.91 Å². The van der Waals surface area contributed by atoms with E-state index < -0.39 is 41.4 Å². The molecule has 3 nitrogen and oxygen atoms in total. The zero-order chi connectivity index (χ0) is 25.2. The van der Waals surface area contributed by atoms with E-state index in [9.17, 15) is 31.9 Å². The number of amides is 1. The molecule has 4 aromatic rings. The molecule has 0 heterocycles. The van der Waals surface area contributed by atoms with Gasteiger partial charge in [-0.1, -0.05) is 48.5 Å². The van der Waals surface area contributed by atoms with Gasteiger partial charge in [-0.3, -0.25) is 4.79 Å². The van der Waals surface area contributed by atoms with Crippen molar-refractivity contribution in [3.63, 3.8) is 0 Å². The van der Waals surface area contributed by atoms with E-state index in [1.807, 2.05) is 0 Å². The molecular formula is C27H20F5NO2. The summed E-state index contributed by atoms with van der Waals surface area (Å²) in [6, 6.07) is 17.4. The lowest BCUT2D eigenvalue weighted by Crippen LogP contribution is -2.41. The average molecular weight is 485 g/mol. The number of fused-ring (bicyclic) bond motifs is 1. The highest BCUT2D eigenvalue weighted by Crippen LogP contribution is 2.30. The Kier molecular flexibility index (Phi) is 6.84. The Morgan fingerprint density at radius 2 is 1.46 bits per heavy atom. The molecule has 0 aliphatic carbocycles. The molecule has 0 saturated carbocycles. The number of aliphatic hydroxyl groups is 1. The molecule has 2 unspecified atom stereocenters. The summed E-state index contributed by atoms with van der Waals surface area (Å²) in [6.07, 6.45) is -5.81. The second kappa shape index (κ2) is 9.84. The summed E-state index contributed by atoms with van der Waals surface area (Å²) in [5.41, 5.74) is 0.102.